The van der Waals surface area contributed by atoms with Crippen molar-refractivity contribution in [2.45, 2.75) is 6.29 Å². The molecule has 0 aliphatic heterocycles. The fourth-order valence-electron chi connectivity index (χ4n) is 1.65. The molecule has 1 aromatic heterocycles. The monoisotopic (exact) mass is 203 g/mol. The molecule has 0 radical (unpaired) electrons. The zero-order valence-corrected chi connectivity index (χ0v) is 8.53. The SMILES string of the molecule is C=Cc1cc2c(C(O)OC)cccc2[nH]1. The summed E-state index contributed by atoms with van der Waals surface area (Å²) in [6, 6.07) is 7.62. The molecule has 1 atom stereocenters. The molecule has 0 amide bonds. The summed E-state index contributed by atoms with van der Waals surface area (Å²) in [4.78, 5) is 3.18. The quantitative estimate of drug-likeness (QED) is 0.752. The number of fused-ring (bicyclic) bond motifs is 1. The van der Waals surface area contributed by atoms with Gasteiger partial charge in [-0.15, -0.1) is 0 Å². The summed E-state index contributed by atoms with van der Waals surface area (Å²) in [6.07, 6.45) is 0.852. The van der Waals surface area contributed by atoms with Crippen LogP contribution in [0.1, 0.15) is 17.5 Å². The molecule has 1 aromatic carbocycles. The number of ether oxygens (including phenoxy) is 1. The lowest BCUT2D eigenvalue weighted by atomic mass is 10.1. The highest BCUT2D eigenvalue weighted by atomic mass is 16.6. The van der Waals surface area contributed by atoms with Crippen molar-refractivity contribution >= 4 is 17.0 Å². The van der Waals surface area contributed by atoms with E-state index < -0.39 is 6.29 Å². The summed E-state index contributed by atoms with van der Waals surface area (Å²) in [6.45, 7) is 3.70. The second-order valence-electron chi connectivity index (χ2n) is 3.33. The minimum absolute atomic E-state index is 0.763. The molecule has 2 rings (SSSR count). The molecule has 0 saturated carbocycles. The second kappa shape index (κ2) is 3.88. The Morgan fingerprint density at radius 2 is 2.33 bits per heavy atom. The number of nitrogens with one attached hydrogen (secondary N) is 1. The maximum atomic E-state index is 9.65. The highest BCUT2D eigenvalue weighted by molar-refractivity contribution is 5.85. The van der Waals surface area contributed by atoms with E-state index >= 15 is 0 Å². The highest BCUT2D eigenvalue weighted by Gasteiger charge is 2.10. The number of hydrogen-bond donors (Lipinski definition) is 2. The summed E-state index contributed by atoms with van der Waals surface area (Å²) in [5, 5.41) is 10.6. The molecule has 1 heterocycles. The Labute approximate surface area is 88.0 Å². The van der Waals surface area contributed by atoms with Gasteiger partial charge in [0.1, 0.15) is 0 Å². The molecule has 78 valence electrons. The summed E-state index contributed by atoms with van der Waals surface area (Å²) < 4.78 is 4.90. The molecule has 0 aliphatic rings. The van der Waals surface area contributed by atoms with Gasteiger partial charge in [-0.3, -0.25) is 0 Å². The Kier molecular flexibility index (Phi) is 2.58. The minimum Gasteiger partial charge on any atom is -0.364 e. The third-order valence-electron chi connectivity index (χ3n) is 2.43. The lowest BCUT2D eigenvalue weighted by Crippen LogP contribution is -1.99. The van der Waals surface area contributed by atoms with Gasteiger partial charge in [-0.2, -0.15) is 0 Å². The van der Waals surface area contributed by atoms with Crippen molar-refractivity contribution in [3.8, 4) is 0 Å². The van der Waals surface area contributed by atoms with E-state index in [0.29, 0.717) is 0 Å². The van der Waals surface area contributed by atoms with Gasteiger partial charge in [0, 0.05) is 29.3 Å². The first-order valence-corrected chi connectivity index (χ1v) is 4.71. The molecule has 3 heteroatoms. The van der Waals surface area contributed by atoms with Crippen LogP contribution >= 0.6 is 0 Å². The van der Waals surface area contributed by atoms with E-state index in [1.807, 2.05) is 24.3 Å². The number of aromatic nitrogens is 1. The highest BCUT2D eigenvalue weighted by Crippen LogP contribution is 2.25. The van der Waals surface area contributed by atoms with E-state index in [4.69, 9.17) is 4.74 Å². The number of aliphatic hydroxyl groups is 1. The molecule has 2 N–H and O–H groups in total. The van der Waals surface area contributed by atoms with Crippen LogP contribution in [-0.4, -0.2) is 17.2 Å². The van der Waals surface area contributed by atoms with Gasteiger partial charge in [0.05, 0.1) is 0 Å². The maximum absolute atomic E-state index is 9.65. The molecule has 0 spiro atoms. The van der Waals surface area contributed by atoms with Crippen molar-refractivity contribution in [3.63, 3.8) is 0 Å². The van der Waals surface area contributed by atoms with Crippen LogP contribution in [0.15, 0.2) is 30.8 Å². The van der Waals surface area contributed by atoms with E-state index in [1.165, 1.54) is 7.11 Å². The number of aliphatic hydroxyl groups excluding tert-OH is 1. The third kappa shape index (κ3) is 1.67. The number of hydrogen-bond acceptors (Lipinski definition) is 2. The van der Waals surface area contributed by atoms with Crippen LogP contribution in [0.25, 0.3) is 17.0 Å². The van der Waals surface area contributed by atoms with Crippen molar-refractivity contribution in [1.82, 2.24) is 4.98 Å². The van der Waals surface area contributed by atoms with Crippen LogP contribution in [0.2, 0.25) is 0 Å². The van der Waals surface area contributed by atoms with Crippen LogP contribution < -0.4 is 0 Å². The fourth-order valence-corrected chi connectivity index (χ4v) is 1.65. The normalized spacial score (nSPS) is 12.9. The predicted octanol–water partition coefficient (Wildman–Crippen LogP) is 2.45. The molecular weight excluding hydrogens is 190 g/mol. The van der Waals surface area contributed by atoms with E-state index in [1.54, 1.807) is 6.08 Å². The topological polar surface area (TPSA) is 45.2 Å². The Morgan fingerprint density at radius 3 is 3.00 bits per heavy atom. The minimum atomic E-state index is -0.887. The first kappa shape index (κ1) is 9.96. The molecule has 1 unspecified atom stereocenters. The van der Waals surface area contributed by atoms with Crippen molar-refractivity contribution in [2.24, 2.45) is 0 Å². The Bertz CT molecular complexity index is 487. The van der Waals surface area contributed by atoms with Crippen LogP contribution in [-0.2, 0) is 4.74 Å². The van der Waals surface area contributed by atoms with Crippen LogP contribution in [0.5, 0.6) is 0 Å². The Hall–Kier alpha value is -1.58. The Morgan fingerprint density at radius 1 is 1.53 bits per heavy atom. The van der Waals surface area contributed by atoms with Gasteiger partial charge >= 0.3 is 0 Å². The first-order chi connectivity index (χ1) is 7.26. The van der Waals surface area contributed by atoms with E-state index in [2.05, 4.69) is 11.6 Å². The van der Waals surface area contributed by atoms with Gasteiger partial charge in [-0.1, -0.05) is 18.7 Å². The molecular formula is C12H13NO2. The standard InChI is InChI=1S/C12H13NO2/c1-3-8-7-10-9(12(14)15-2)5-4-6-11(10)13-8/h3-7,12-14H,1H2,2H3. The average molecular weight is 203 g/mol. The van der Waals surface area contributed by atoms with E-state index in [0.717, 1.165) is 22.2 Å². The molecule has 3 nitrogen and oxygen atoms in total. The van der Waals surface area contributed by atoms with Crippen molar-refractivity contribution < 1.29 is 9.84 Å². The lowest BCUT2D eigenvalue weighted by Gasteiger charge is -2.09. The van der Waals surface area contributed by atoms with Crippen LogP contribution in [0.4, 0.5) is 0 Å². The van der Waals surface area contributed by atoms with Crippen molar-refractivity contribution in [2.75, 3.05) is 7.11 Å². The fraction of sp³-hybridized carbons (Fsp3) is 0.167. The number of methoxy groups -OCH3 is 1. The second-order valence-corrected chi connectivity index (χ2v) is 3.33. The molecule has 0 bridgehead atoms. The summed E-state index contributed by atoms with van der Waals surface area (Å²) in [5.41, 5.74) is 2.67. The first-order valence-electron chi connectivity index (χ1n) is 4.71. The van der Waals surface area contributed by atoms with Gasteiger partial charge in [0.2, 0.25) is 0 Å². The maximum Gasteiger partial charge on any atom is 0.181 e. The number of aromatic amines is 1. The summed E-state index contributed by atoms with van der Waals surface area (Å²) >= 11 is 0. The van der Waals surface area contributed by atoms with Crippen molar-refractivity contribution in [3.05, 3.63) is 42.1 Å². The third-order valence-corrected chi connectivity index (χ3v) is 2.43. The largest absolute Gasteiger partial charge is 0.364 e. The summed E-state index contributed by atoms with van der Waals surface area (Å²) in [5.74, 6) is 0. The predicted molar refractivity (Wildman–Crippen MR) is 60.4 cm³/mol. The lowest BCUT2D eigenvalue weighted by molar-refractivity contribution is -0.0758. The zero-order chi connectivity index (χ0) is 10.8. The van der Waals surface area contributed by atoms with Crippen LogP contribution in [0, 0.1) is 0 Å². The average Bonchev–Trinajstić information content (AvgIpc) is 2.70. The van der Waals surface area contributed by atoms with Gasteiger partial charge in [0.15, 0.2) is 6.29 Å². The molecule has 0 aliphatic carbocycles. The molecule has 15 heavy (non-hydrogen) atoms. The smallest absolute Gasteiger partial charge is 0.181 e. The van der Waals surface area contributed by atoms with Gasteiger partial charge in [-0.25, -0.2) is 0 Å². The summed E-state index contributed by atoms with van der Waals surface area (Å²) in [7, 11) is 1.48. The van der Waals surface area contributed by atoms with Crippen molar-refractivity contribution in [1.29, 1.82) is 0 Å². The number of H-pyrrole nitrogens is 1. The molecule has 2 aromatic rings. The van der Waals surface area contributed by atoms with Gasteiger partial charge in [0.25, 0.3) is 0 Å². The number of rotatable bonds is 3. The zero-order valence-electron chi connectivity index (χ0n) is 8.53. The Balaban J connectivity index is 2.63. The molecule has 0 saturated heterocycles. The van der Waals surface area contributed by atoms with Gasteiger partial charge in [-0.05, 0) is 18.2 Å². The molecule has 0 fully saturated rings. The van der Waals surface area contributed by atoms with E-state index in [-0.39, 0.29) is 0 Å². The van der Waals surface area contributed by atoms with E-state index in [9.17, 15) is 5.11 Å². The number of benzene rings is 1. The van der Waals surface area contributed by atoms with Crippen LogP contribution in [0.3, 0.4) is 0 Å². The van der Waals surface area contributed by atoms with Gasteiger partial charge < -0.3 is 14.8 Å².